The normalized spacial score (nSPS) is 10.4. The molecule has 0 aliphatic rings. The van der Waals surface area contributed by atoms with Crippen LogP contribution in [0.2, 0.25) is 5.02 Å². The Morgan fingerprint density at radius 1 is 1.20 bits per heavy atom. The second kappa shape index (κ2) is 11.1. The lowest BCUT2D eigenvalue weighted by molar-refractivity contribution is -0.104. The van der Waals surface area contributed by atoms with Gasteiger partial charge < -0.3 is 11.1 Å². The van der Waals surface area contributed by atoms with Crippen molar-refractivity contribution < 1.29 is 4.79 Å². The molecule has 0 radical (unpaired) electrons. The number of halogens is 1. The minimum Gasteiger partial charge on any atom is -0.388 e. The maximum Gasteiger partial charge on any atom is 0.226 e. The maximum atomic E-state index is 10.6. The average molecular weight is 424 g/mol. The third kappa shape index (κ3) is 5.65. The Morgan fingerprint density at radius 3 is 2.43 bits per heavy atom. The van der Waals surface area contributed by atoms with Crippen LogP contribution in [0.1, 0.15) is 16.8 Å². The van der Waals surface area contributed by atoms with Crippen LogP contribution in [-0.4, -0.2) is 22.9 Å². The molecule has 0 aliphatic carbocycles. The van der Waals surface area contributed by atoms with Crippen molar-refractivity contribution in [2.75, 3.05) is 12.4 Å². The summed E-state index contributed by atoms with van der Waals surface area (Å²) in [5.74, 6) is 0. The lowest BCUT2D eigenvalue weighted by Gasteiger charge is -2.18. The summed E-state index contributed by atoms with van der Waals surface area (Å²) in [4.78, 5) is 14.8. The summed E-state index contributed by atoms with van der Waals surface area (Å²) in [6.07, 6.45) is 3.50. The van der Waals surface area contributed by atoms with Gasteiger partial charge in [0.25, 0.3) is 0 Å². The van der Waals surface area contributed by atoms with Crippen molar-refractivity contribution in [3.8, 4) is 11.3 Å². The van der Waals surface area contributed by atoms with Crippen molar-refractivity contribution in [1.29, 1.82) is 5.41 Å². The molecule has 0 saturated carbocycles. The fourth-order valence-corrected chi connectivity index (χ4v) is 3.23. The molecule has 3 rings (SSSR count). The number of allylic oxidation sites excluding steroid dienone is 1. The first-order valence-electron chi connectivity index (χ1n) is 9.40. The number of aromatic nitrogens is 2. The summed E-state index contributed by atoms with van der Waals surface area (Å²) in [7, 11) is 1.91. The van der Waals surface area contributed by atoms with E-state index in [2.05, 4.69) is 10.3 Å². The Morgan fingerprint density at radius 2 is 1.90 bits per heavy atom. The number of aryl methyl sites for hydroxylation is 2. The second-order valence-electron chi connectivity index (χ2n) is 6.47. The monoisotopic (exact) mass is 423 g/mol. The van der Waals surface area contributed by atoms with E-state index in [0.29, 0.717) is 17.0 Å². The zero-order valence-corrected chi connectivity index (χ0v) is 18.1. The Kier molecular flexibility index (Phi) is 8.53. The standard InChI is InChI=1S/C16H17ClN4O.C7H9N/c1-10-8-12(17)4-5-13(10)15-14(9-18)11(2)20-16(19)21(15)6-3-7-22;1-8-7-5-3-2-4-6-7/h3-8,19H,9,18H2,1-2H3;2-6,8H,1H3/b6-3+,19-16?;. The van der Waals surface area contributed by atoms with Crippen LogP contribution in [-0.2, 0) is 11.3 Å². The van der Waals surface area contributed by atoms with Gasteiger partial charge in [0.15, 0.2) is 0 Å². The van der Waals surface area contributed by atoms with Crippen LogP contribution in [0, 0.1) is 19.3 Å². The van der Waals surface area contributed by atoms with E-state index in [0.717, 1.165) is 28.1 Å². The Bertz CT molecular complexity index is 1090. The number of carbonyl (C=O) groups is 1. The van der Waals surface area contributed by atoms with E-state index in [9.17, 15) is 4.79 Å². The molecule has 30 heavy (non-hydrogen) atoms. The third-order valence-electron chi connectivity index (χ3n) is 4.49. The molecule has 156 valence electrons. The number of hydrogen-bond acceptors (Lipinski definition) is 5. The van der Waals surface area contributed by atoms with Crippen LogP contribution in [0.25, 0.3) is 17.5 Å². The van der Waals surface area contributed by atoms with Gasteiger partial charge in [-0.15, -0.1) is 0 Å². The van der Waals surface area contributed by atoms with Crippen LogP contribution in [0.15, 0.2) is 54.6 Å². The van der Waals surface area contributed by atoms with Gasteiger partial charge in [-0.1, -0.05) is 35.9 Å². The molecule has 7 heteroatoms. The predicted molar refractivity (Wildman–Crippen MR) is 123 cm³/mol. The first-order chi connectivity index (χ1) is 14.4. The molecule has 1 heterocycles. The molecule has 6 nitrogen and oxygen atoms in total. The first-order valence-corrected chi connectivity index (χ1v) is 9.78. The third-order valence-corrected chi connectivity index (χ3v) is 4.72. The van der Waals surface area contributed by atoms with Gasteiger partial charge in [0.05, 0.1) is 5.69 Å². The topological polar surface area (TPSA) is 96.8 Å². The van der Waals surface area contributed by atoms with Gasteiger partial charge in [-0.3, -0.25) is 14.8 Å². The van der Waals surface area contributed by atoms with Gasteiger partial charge >= 0.3 is 0 Å². The molecule has 0 amide bonds. The summed E-state index contributed by atoms with van der Waals surface area (Å²) < 4.78 is 1.56. The van der Waals surface area contributed by atoms with Crippen molar-refractivity contribution in [1.82, 2.24) is 9.55 Å². The first kappa shape index (κ1) is 23.1. The van der Waals surface area contributed by atoms with Crippen molar-refractivity contribution in [3.05, 3.63) is 82.1 Å². The fourth-order valence-electron chi connectivity index (χ4n) is 3.00. The van der Waals surface area contributed by atoms with Crippen molar-refractivity contribution >= 4 is 29.8 Å². The van der Waals surface area contributed by atoms with Gasteiger partial charge in [0, 0.05) is 47.3 Å². The Balaban J connectivity index is 0.000000335. The highest BCUT2D eigenvalue weighted by atomic mass is 35.5. The van der Waals surface area contributed by atoms with Crippen molar-refractivity contribution in [2.45, 2.75) is 20.4 Å². The number of benzene rings is 2. The summed E-state index contributed by atoms with van der Waals surface area (Å²) in [5.41, 5.74) is 11.2. The number of para-hydroxylation sites is 1. The minimum absolute atomic E-state index is 0.0390. The number of anilines is 1. The molecule has 2 aromatic carbocycles. The number of carbonyl (C=O) groups excluding carboxylic acids is 1. The van der Waals surface area contributed by atoms with E-state index >= 15 is 0 Å². The van der Waals surface area contributed by atoms with Gasteiger partial charge in [-0.05, 0) is 49.8 Å². The van der Waals surface area contributed by atoms with Gasteiger partial charge in [0.1, 0.15) is 6.29 Å². The minimum atomic E-state index is 0.0390. The van der Waals surface area contributed by atoms with E-state index in [1.165, 1.54) is 12.3 Å². The van der Waals surface area contributed by atoms with Crippen LogP contribution in [0.4, 0.5) is 5.69 Å². The van der Waals surface area contributed by atoms with E-state index in [-0.39, 0.29) is 12.2 Å². The molecule has 0 fully saturated rings. The van der Waals surface area contributed by atoms with Crippen LogP contribution in [0.5, 0.6) is 0 Å². The SMILES string of the molecule is CNc1ccccc1.Cc1cc(Cl)ccc1-c1c(CN)c(C)nc(=N)n1/C=C/C=O. The van der Waals surface area contributed by atoms with Crippen molar-refractivity contribution in [3.63, 3.8) is 0 Å². The van der Waals surface area contributed by atoms with E-state index < -0.39 is 0 Å². The van der Waals surface area contributed by atoms with E-state index in [1.807, 2.05) is 63.4 Å². The highest BCUT2D eigenvalue weighted by molar-refractivity contribution is 6.30. The number of nitrogens with two attached hydrogens (primary N) is 1. The predicted octanol–water partition coefficient (Wildman–Crippen LogP) is 4.16. The summed E-state index contributed by atoms with van der Waals surface area (Å²) >= 11 is 6.02. The molecule has 0 atom stereocenters. The van der Waals surface area contributed by atoms with Gasteiger partial charge in [-0.25, -0.2) is 4.98 Å². The maximum absolute atomic E-state index is 10.6. The largest absolute Gasteiger partial charge is 0.388 e. The number of nitrogens with zero attached hydrogens (tertiary/aromatic N) is 2. The lowest BCUT2D eigenvalue weighted by Crippen LogP contribution is -2.25. The molecule has 0 bridgehead atoms. The van der Waals surface area contributed by atoms with E-state index in [1.54, 1.807) is 10.6 Å². The van der Waals surface area contributed by atoms with Crippen LogP contribution >= 0.6 is 11.6 Å². The highest BCUT2D eigenvalue weighted by Crippen LogP contribution is 2.29. The highest BCUT2D eigenvalue weighted by Gasteiger charge is 2.15. The molecule has 0 unspecified atom stereocenters. The number of nitrogens with one attached hydrogen (secondary N) is 2. The zero-order chi connectivity index (χ0) is 22.1. The molecule has 1 aromatic heterocycles. The molecule has 0 saturated heterocycles. The number of hydrogen-bond donors (Lipinski definition) is 3. The zero-order valence-electron chi connectivity index (χ0n) is 17.3. The summed E-state index contributed by atoms with van der Waals surface area (Å²) in [6.45, 7) is 4.04. The summed E-state index contributed by atoms with van der Waals surface area (Å²) in [5, 5.41) is 11.8. The lowest BCUT2D eigenvalue weighted by atomic mass is 10.00. The molecule has 4 N–H and O–H groups in total. The van der Waals surface area contributed by atoms with E-state index in [4.69, 9.17) is 22.7 Å². The van der Waals surface area contributed by atoms with Gasteiger partial charge in [-0.2, -0.15) is 0 Å². The number of rotatable bonds is 5. The molecule has 3 aromatic rings. The quantitative estimate of drug-likeness (QED) is 0.424. The van der Waals surface area contributed by atoms with Crippen molar-refractivity contribution in [2.24, 2.45) is 5.73 Å². The van der Waals surface area contributed by atoms with Crippen LogP contribution < -0.4 is 16.7 Å². The molecule has 0 spiro atoms. The average Bonchev–Trinajstić information content (AvgIpc) is 2.74. The summed E-state index contributed by atoms with van der Waals surface area (Å²) in [6, 6.07) is 15.6. The van der Waals surface area contributed by atoms with Gasteiger partial charge in [0.2, 0.25) is 5.62 Å². The fraction of sp³-hybridized carbons (Fsp3) is 0.174. The second-order valence-corrected chi connectivity index (χ2v) is 6.91. The Labute approximate surface area is 181 Å². The number of aldehydes is 1. The smallest absolute Gasteiger partial charge is 0.226 e. The Hall–Kier alpha value is -3.22. The van der Waals surface area contributed by atoms with Crippen LogP contribution in [0.3, 0.4) is 0 Å². The molecular formula is C23H26ClN5O. The molecule has 0 aliphatic heterocycles. The molecular weight excluding hydrogens is 398 g/mol.